The lowest BCUT2D eigenvalue weighted by Gasteiger charge is -2.16. The first-order valence-corrected chi connectivity index (χ1v) is 4.29. The molecule has 0 aromatic rings. The summed E-state index contributed by atoms with van der Waals surface area (Å²) in [6.07, 6.45) is 1.20. The summed E-state index contributed by atoms with van der Waals surface area (Å²) in [6, 6.07) is 0. The number of hydrogen-bond donors (Lipinski definition) is 1. The van der Waals surface area contributed by atoms with Crippen LogP contribution in [-0.4, -0.2) is 28.8 Å². The van der Waals surface area contributed by atoms with Gasteiger partial charge in [0.25, 0.3) is 0 Å². The number of thioether (sulfide) groups is 1. The summed E-state index contributed by atoms with van der Waals surface area (Å²) in [5, 5.41) is 1.05. The van der Waals surface area contributed by atoms with Gasteiger partial charge in [0.1, 0.15) is 0 Å². The van der Waals surface area contributed by atoms with Gasteiger partial charge in [-0.1, -0.05) is 24.6 Å². The molecule has 1 rings (SSSR count). The van der Waals surface area contributed by atoms with Crippen LogP contribution in [0.2, 0.25) is 0 Å². The van der Waals surface area contributed by atoms with E-state index in [-0.39, 0.29) is 0 Å². The molecule has 0 aliphatic carbocycles. The highest BCUT2D eigenvalue weighted by atomic mass is 32.2. The van der Waals surface area contributed by atoms with Crippen LogP contribution in [0.4, 0.5) is 0 Å². The highest BCUT2D eigenvalue weighted by Crippen LogP contribution is 2.15. The smallest absolute Gasteiger partial charge is 0.168 e. The van der Waals surface area contributed by atoms with Crippen molar-refractivity contribution in [3.8, 4) is 0 Å². The maximum absolute atomic E-state index is 4.26. The van der Waals surface area contributed by atoms with Crippen LogP contribution >= 0.6 is 24.6 Å². The monoisotopic (exact) mass is 162 g/mol. The molecule has 52 valence electrons. The molecule has 0 amide bonds. The minimum atomic E-state index is 0.966. The molecule has 0 unspecified atom stereocenters. The molecule has 0 bridgehead atoms. The number of hydrogen-bond acceptors (Lipinski definition) is 4. The van der Waals surface area contributed by atoms with Gasteiger partial charge in [0.2, 0.25) is 0 Å². The van der Waals surface area contributed by atoms with Crippen molar-refractivity contribution in [3.63, 3.8) is 0 Å². The van der Waals surface area contributed by atoms with Gasteiger partial charge in [0, 0.05) is 19.3 Å². The normalized spacial score (nSPS) is 19.1. The second kappa shape index (κ2) is 3.37. The number of aliphatic imine (C=N–C) groups is 1. The summed E-state index contributed by atoms with van der Waals surface area (Å²) in [4.78, 5) is 4.26. The molecule has 0 aromatic heterocycles. The Labute approximate surface area is 65.3 Å². The Morgan fingerprint density at radius 3 is 2.89 bits per heavy atom. The zero-order valence-corrected chi connectivity index (χ0v) is 7.08. The number of thiol groups is 1. The lowest BCUT2D eigenvalue weighted by atomic mass is 10.5. The first-order valence-electron chi connectivity index (χ1n) is 2.90. The van der Waals surface area contributed by atoms with Crippen molar-refractivity contribution in [3.05, 3.63) is 0 Å². The van der Waals surface area contributed by atoms with Crippen LogP contribution in [0.3, 0.4) is 0 Å². The molecule has 0 radical (unpaired) electrons. The largest absolute Gasteiger partial charge is 0.301 e. The molecule has 0 N–H and O–H groups in total. The van der Waals surface area contributed by atoms with Crippen molar-refractivity contribution < 1.29 is 0 Å². The van der Waals surface area contributed by atoms with Gasteiger partial charge in [-0.05, 0) is 6.42 Å². The molecule has 9 heavy (non-hydrogen) atoms. The van der Waals surface area contributed by atoms with E-state index in [1.54, 1.807) is 16.1 Å². The maximum Gasteiger partial charge on any atom is 0.168 e. The summed E-state index contributed by atoms with van der Waals surface area (Å²) in [7, 11) is 1.90. The maximum atomic E-state index is 4.26. The van der Waals surface area contributed by atoms with E-state index in [2.05, 4.69) is 17.8 Å². The van der Waals surface area contributed by atoms with Crippen molar-refractivity contribution in [2.24, 2.45) is 4.99 Å². The van der Waals surface area contributed by atoms with Gasteiger partial charge < -0.3 is 4.31 Å². The van der Waals surface area contributed by atoms with Crippen LogP contribution in [0.1, 0.15) is 6.42 Å². The lowest BCUT2D eigenvalue weighted by Crippen LogP contribution is -2.17. The van der Waals surface area contributed by atoms with Crippen molar-refractivity contribution in [1.82, 2.24) is 4.31 Å². The Kier molecular flexibility index (Phi) is 2.72. The zero-order valence-electron chi connectivity index (χ0n) is 5.37. The number of nitrogens with zero attached hydrogens (tertiary/aromatic N) is 2. The Balaban J connectivity index is 2.46. The zero-order chi connectivity index (χ0) is 6.69. The van der Waals surface area contributed by atoms with E-state index < -0.39 is 0 Å². The Hall–Kier alpha value is 0.170. The topological polar surface area (TPSA) is 15.6 Å². The van der Waals surface area contributed by atoms with Crippen LogP contribution < -0.4 is 0 Å². The van der Waals surface area contributed by atoms with Gasteiger partial charge >= 0.3 is 0 Å². The molecule has 1 aliphatic rings. The summed E-state index contributed by atoms with van der Waals surface area (Å²) in [5.41, 5.74) is 0. The fourth-order valence-corrected chi connectivity index (χ4v) is 1.71. The highest BCUT2D eigenvalue weighted by molar-refractivity contribution is 8.14. The number of amidine groups is 1. The molecule has 0 spiro atoms. The Morgan fingerprint density at radius 2 is 2.56 bits per heavy atom. The van der Waals surface area contributed by atoms with E-state index >= 15 is 0 Å². The molecule has 0 aromatic carbocycles. The van der Waals surface area contributed by atoms with Crippen molar-refractivity contribution in [2.75, 3.05) is 19.3 Å². The third-order valence-corrected chi connectivity index (χ3v) is 2.54. The number of rotatable bonds is 0. The van der Waals surface area contributed by atoms with Crippen LogP contribution in [-0.2, 0) is 0 Å². The van der Waals surface area contributed by atoms with E-state index in [9.17, 15) is 0 Å². The highest BCUT2D eigenvalue weighted by Gasteiger charge is 2.06. The van der Waals surface area contributed by atoms with E-state index in [0.717, 1.165) is 11.7 Å². The van der Waals surface area contributed by atoms with Crippen molar-refractivity contribution in [1.29, 1.82) is 0 Å². The quantitative estimate of drug-likeness (QED) is 0.540. The molecular formula is C5H10N2S2. The Bertz CT molecular complexity index is 122. The lowest BCUT2D eigenvalue weighted by molar-refractivity contribution is 0.836. The fraction of sp³-hybridized carbons (Fsp3) is 0.800. The standard InChI is InChI=1S/C5H10N2S2/c1-7(8)5-6-3-2-4-9-5/h8H,2-4H2,1H3. The first kappa shape index (κ1) is 7.28. The average Bonchev–Trinajstić information content (AvgIpc) is 1.90. The summed E-state index contributed by atoms with van der Waals surface area (Å²) in [6.45, 7) is 0.966. The first-order chi connectivity index (χ1) is 4.30. The molecule has 1 heterocycles. The molecular weight excluding hydrogens is 152 g/mol. The minimum absolute atomic E-state index is 0.966. The van der Waals surface area contributed by atoms with Crippen molar-refractivity contribution in [2.45, 2.75) is 6.42 Å². The second-order valence-electron chi connectivity index (χ2n) is 1.89. The molecule has 0 atom stereocenters. The van der Waals surface area contributed by atoms with E-state index in [0.29, 0.717) is 0 Å². The van der Waals surface area contributed by atoms with Crippen LogP contribution in [0.15, 0.2) is 4.99 Å². The van der Waals surface area contributed by atoms with E-state index in [1.165, 1.54) is 12.2 Å². The van der Waals surface area contributed by atoms with Crippen LogP contribution in [0, 0.1) is 0 Å². The Morgan fingerprint density at radius 1 is 1.78 bits per heavy atom. The van der Waals surface area contributed by atoms with Gasteiger partial charge in [-0.3, -0.25) is 4.99 Å². The third kappa shape index (κ3) is 2.10. The van der Waals surface area contributed by atoms with Crippen molar-refractivity contribution >= 4 is 29.7 Å². The molecule has 0 saturated heterocycles. The summed E-state index contributed by atoms with van der Waals surface area (Å²) in [5.74, 6) is 1.18. The van der Waals surface area contributed by atoms with Gasteiger partial charge in [-0.15, -0.1) is 0 Å². The molecule has 2 nitrogen and oxygen atoms in total. The minimum Gasteiger partial charge on any atom is -0.301 e. The van der Waals surface area contributed by atoms with Gasteiger partial charge in [-0.25, -0.2) is 0 Å². The van der Waals surface area contributed by atoms with Crippen LogP contribution in [0.25, 0.3) is 0 Å². The predicted molar refractivity (Wildman–Crippen MR) is 46.1 cm³/mol. The average molecular weight is 162 g/mol. The second-order valence-corrected chi connectivity index (χ2v) is 3.55. The third-order valence-electron chi connectivity index (χ3n) is 1.06. The molecule has 1 aliphatic heterocycles. The van der Waals surface area contributed by atoms with Gasteiger partial charge in [0.05, 0.1) is 0 Å². The predicted octanol–water partition coefficient (Wildman–Crippen LogP) is 1.26. The van der Waals surface area contributed by atoms with E-state index in [1.807, 2.05) is 7.05 Å². The molecule has 4 heteroatoms. The van der Waals surface area contributed by atoms with Gasteiger partial charge in [-0.2, -0.15) is 0 Å². The van der Waals surface area contributed by atoms with E-state index in [4.69, 9.17) is 0 Å². The SMILES string of the molecule is CN(S)C1=NCCCS1. The molecule has 0 saturated carbocycles. The molecule has 0 fully saturated rings. The van der Waals surface area contributed by atoms with Gasteiger partial charge in [0.15, 0.2) is 5.17 Å². The fourth-order valence-electron chi connectivity index (χ4n) is 0.644. The summed E-state index contributed by atoms with van der Waals surface area (Å²) >= 11 is 5.89. The van der Waals surface area contributed by atoms with Crippen LogP contribution in [0.5, 0.6) is 0 Å². The summed E-state index contributed by atoms with van der Waals surface area (Å²) < 4.78 is 1.77.